The van der Waals surface area contributed by atoms with Crippen LogP contribution in [-0.2, 0) is 15.7 Å². The highest BCUT2D eigenvalue weighted by Crippen LogP contribution is 2.30. The summed E-state index contributed by atoms with van der Waals surface area (Å²) in [6, 6.07) is 7.63. The molecule has 0 atom stereocenters. The second kappa shape index (κ2) is 8.57. The zero-order valence-electron chi connectivity index (χ0n) is 14.3. The largest absolute Gasteiger partial charge is 0.416 e. The van der Waals surface area contributed by atoms with Crippen molar-refractivity contribution in [2.45, 2.75) is 6.18 Å². The van der Waals surface area contributed by atoms with Crippen LogP contribution in [0.15, 0.2) is 47.6 Å². The molecule has 0 saturated heterocycles. The average molecular weight is 365 g/mol. The van der Waals surface area contributed by atoms with Crippen molar-refractivity contribution in [1.82, 2.24) is 4.98 Å². The Morgan fingerprint density at radius 1 is 1.27 bits per heavy atom. The van der Waals surface area contributed by atoms with Gasteiger partial charge in [-0.3, -0.25) is 4.79 Å². The van der Waals surface area contributed by atoms with Crippen molar-refractivity contribution in [1.29, 1.82) is 0 Å². The van der Waals surface area contributed by atoms with Gasteiger partial charge in [-0.25, -0.2) is 9.98 Å². The van der Waals surface area contributed by atoms with Gasteiger partial charge in [0.25, 0.3) is 0 Å². The lowest BCUT2D eigenvalue weighted by Crippen LogP contribution is -2.23. The number of aliphatic imine (C=N–C) groups is 1. The fourth-order valence-corrected chi connectivity index (χ4v) is 2.22. The molecule has 1 aromatic carbocycles. The number of halogens is 3. The number of rotatable bonds is 7. The van der Waals surface area contributed by atoms with Crippen LogP contribution in [0.5, 0.6) is 0 Å². The summed E-state index contributed by atoms with van der Waals surface area (Å²) < 4.78 is 43.0. The van der Waals surface area contributed by atoms with E-state index in [4.69, 9.17) is 4.74 Å². The molecule has 0 fully saturated rings. The molecule has 0 spiro atoms. The maximum Gasteiger partial charge on any atom is 0.416 e. The quantitative estimate of drug-likeness (QED) is 0.557. The normalized spacial score (nSPS) is 12.1. The Labute approximate surface area is 149 Å². The minimum Gasteiger partial charge on any atom is -0.383 e. The Kier molecular flexibility index (Phi) is 6.46. The standard InChI is InChI=1S/C18H18F3N3O2/c1-24(10-11-26-2)17-15(4-3-9-22-17)23-16(12-25)13-5-7-14(8-6-13)18(19,20)21/h3-9,12H,10-11H2,1-2H3/b23-16+. The minimum absolute atomic E-state index is 0.0214. The monoisotopic (exact) mass is 365 g/mol. The number of pyridine rings is 1. The molecule has 0 radical (unpaired) electrons. The van der Waals surface area contributed by atoms with Crippen molar-refractivity contribution in [2.24, 2.45) is 4.99 Å². The Morgan fingerprint density at radius 3 is 2.54 bits per heavy atom. The topological polar surface area (TPSA) is 54.8 Å². The SMILES string of the molecule is COCCN(C)c1ncccc1/N=C(\C=O)c1ccc(C(F)(F)F)cc1. The van der Waals surface area contributed by atoms with Gasteiger partial charge in [0.05, 0.1) is 12.2 Å². The van der Waals surface area contributed by atoms with Crippen molar-refractivity contribution in [3.05, 3.63) is 53.7 Å². The number of benzene rings is 1. The van der Waals surface area contributed by atoms with Gasteiger partial charge >= 0.3 is 6.18 Å². The van der Waals surface area contributed by atoms with Crippen LogP contribution in [0.2, 0.25) is 0 Å². The number of alkyl halides is 3. The van der Waals surface area contributed by atoms with E-state index < -0.39 is 11.7 Å². The molecule has 2 rings (SSSR count). The summed E-state index contributed by atoms with van der Waals surface area (Å²) in [5, 5.41) is 0. The molecule has 0 amide bonds. The second-order valence-corrected chi connectivity index (χ2v) is 5.45. The number of carbonyl (C=O) groups excluding carboxylic acids is 1. The van der Waals surface area contributed by atoms with Crippen molar-refractivity contribution in [3.8, 4) is 0 Å². The zero-order valence-corrected chi connectivity index (χ0v) is 14.3. The van der Waals surface area contributed by atoms with E-state index >= 15 is 0 Å². The molecule has 0 saturated carbocycles. The van der Waals surface area contributed by atoms with Crippen molar-refractivity contribution < 1.29 is 22.7 Å². The van der Waals surface area contributed by atoms with E-state index in [1.54, 1.807) is 32.5 Å². The molecule has 0 unspecified atom stereocenters. The number of ether oxygens (including phenoxy) is 1. The molecule has 0 bridgehead atoms. The molecule has 0 aliphatic heterocycles. The van der Waals surface area contributed by atoms with Gasteiger partial charge in [0, 0.05) is 32.5 Å². The fourth-order valence-electron chi connectivity index (χ4n) is 2.22. The van der Waals surface area contributed by atoms with Gasteiger partial charge in [0.15, 0.2) is 12.1 Å². The molecule has 26 heavy (non-hydrogen) atoms. The van der Waals surface area contributed by atoms with Gasteiger partial charge in [0.2, 0.25) is 0 Å². The zero-order chi connectivity index (χ0) is 19.2. The Balaban J connectivity index is 2.36. The van der Waals surface area contributed by atoms with E-state index in [0.717, 1.165) is 12.1 Å². The third-order valence-electron chi connectivity index (χ3n) is 3.62. The van der Waals surface area contributed by atoms with Crippen LogP contribution < -0.4 is 4.90 Å². The van der Waals surface area contributed by atoms with Crippen LogP contribution in [0.3, 0.4) is 0 Å². The fraction of sp³-hybridized carbons (Fsp3) is 0.278. The molecule has 138 valence electrons. The number of likely N-dealkylation sites (N-methyl/N-ethyl adjacent to an activating group) is 1. The molecule has 5 nitrogen and oxygen atoms in total. The van der Waals surface area contributed by atoms with E-state index in [-0.39, 0.29) is 5.71 Å². The van der Waals surface area contributed by atoms with Gasteiger partial charge in [-0.1, -0.05) is 12.1 Å². The number of aromatic nitrogens is 1. The van der Waals surface area contributed by atoms with E-state index in [9.17, 15) is 18.0 Å². The summed E-state index contributed by atoms with van der Waals surface area (Å²) in [7, 11) is 3.39. The first-order valence-electron chi connectivity index (χ1n) is 7.73. The van der Waals surface area contributed by atoms with Gasteiger partial charge in [0.1, 0.15) is 11.4 Å². The molecule has 8 heteroatoms. The van der Waals surface area contributed by atoms with Crippen LogP contribution in [0, 0.1) is 0 Å². The van der Waals surface area contributed by atoms with Crippen LogP contribution in [0.4, 0.5) is 24.7 Å². The Hall–Kier alpha value is -2.74. The number of anilines is 1. The van der Waals surface area contributed by atoms with E-state index in [0.29, 0.717) is 36.5 Å². The molecule has 0 aliphatic rings. The first kappa shape index (κ1) is 19.6. The predicted molar refractivity (Wildman–Crippen MR) is 93.1 cm³/mol. The highest BCUT2D eigenvalue weighted by Gasteiger charge is 2.30. The third-order valence-corrected chi connectivity index (χ3v) is 3.62. The van der Waals surface area contributed by atoms with Gasteiger partial charge in [-0.05, 0) is 24.3 Å². The molecule has 0 N–H and O–H groups in total. The maximum atomic E-state index is 12.7. The van der Waals surface area contributed by atoms with Gasteiger partial charge < -0.3 is 9.64 Å². The lowest BCUT2D eigenvalue weighted by atomic mass is 10.1. The number of hydrogen-bond donors (Lipinski definition) is 0. The lowest BCUT2D eigenvalue weighted by molar-refractivity contribution is -0.137. The van der Waals surface area contributed by atoms with Crippen LogP contribution in [0.25, 0.3) is 0 Å². The smallest absolute Gasteiger partial charge is 0.383 e. The van der Waals surface area contributed by atoms with Gasteiger partial charge in [-0.2, -0.15) is 13.2 Å². The summed E-state index contributed by atoms with van der Waals surface area (Å²) in [5.74, 6) is 0.538. The maximum absolute atomic E-state index is 12.7. The summed E-state index contributed by atoms with van der Waals surface area (Å²) in [4.78, 5) is 21.8. The van der Waals surface area contributed by atoms with E-state index in [1.165, 1.54) is 12.1 Å². The number of hydrogen-bond acceptors (Lipinski definition) is 5. The highest BCUT2D eigenvalue weighted by atomic mass is 19.4. The summed E-state index contributed by atoms with van der Waals surface area (Å²) in [6.45, 7) is 1.04. The molecular formula is C18H18F3N3O2. The number of methoxy groups -OCH3 is 1. The van der Waals surface area contributed by atoms with Crippen molar-refractivity contribution in [3.63, 3.8) is 0 Å². The minimum atomic E-state index is -4.43. The number of carbonyl (C=O) groups is 1. The second-order valence-electron chi connectivity index (χ2n) is 5.45. The molecule has 1 heterocycles. The lowest BCUT2D eigenvalue weighted by Gasteiger charge is -2.19. The molecule has 0 aliphatic carbocycles. The summed E-state index contributed by atoms with van der Waals surface area (Å²) in [5.41, 5.74) is -0.0311. The molecular weight excluding hydrogens is 347 g/mol. The third kappa shape index (κ3) is 4.89. The Morgan fingerprint density at radius 2 is 1.96 bits per heavy atom. The molecule has 1 aromatic heterocycles. The first-order chi connectivity index (χ1) is 12.4. The predicted octanol–water partition coefficient (Wildman–Crippen LogP) is 3.50. The van der Waals surface area contributed by atoms with Crippen LogP contribution >= 0.6 is 0 Å². The van der Waals surface area contributed by atoms with Crippen LogP contribution in [0.1, 0.15) is 11.1 Å². The highest BCUT2D eigenvalue weighted by molar-refractivity contribution is 6.36. The van der Waals surface area contributed by atoms with Gasteiger partial charge in [-0.15, -0.1) is 0 Å². The Bertz CT molecular complexity index is 774. The number of nitrogens with zero attached hydrogens (tertiary/aromatic N) is 3. The van der Waals surface area contributed by atoms with E-state index in [1.807, 2.05) is 4.90 Å². The van der Waals surface area contributed by atoms with Crippen LogP contribution in [-0.4, -0.2) is 44.3 Å². The summed E-state index contributed by atoms with van der Waals surface area (Å²) in [6.07, 6.45) is -2.33. The average Bonchev–Trinajstić information content (AvgIpc) is 2.64. The van der Waals surface area contributed by atoms with E-state index in [2.05, 4.69) is 9.98 Å². The van der Waals surface area contributed by atoms with Crippen molar-refractivity contribution in [2.75, 3.05) is 32.2 Å². The van der Waals surface area contributed by atoms with Crippen molar-refractivity contribution >= 4 is 23.5 Å². The number of aldehydes is 1. The summed E-state index contributed by atoms with van der Waals surface area (Å²) >= 11 is 0. The first-order valence-corrected chi connectivity index (χ1v) is 7.73. The molecule has 2 aromatic rings.